The molecule has 4 N–H and O–H groups in total. The van der Waals surface area contributed by atoms with Crippen LogP contribution in [0.4, 0.5) is 0 Å². The van der Waals surface area contributed by atoms with Crippen LogP contribution in [0, 0.1) is 59.2 Å². The number of carbonyl (C=O) groups is 8. The van der Waals surface area contributed by atoms with E-state index in [9.17, 15) is 38.4 Å². The van der Waals surface area contributed by atoms with E-state index in [-0.39, 0.29) is 68.9 Å². The minimum Gasteiger partial charge on any atom is -0.451 e. The molecule has 4 spiro atoms. The molecular weight excluding hydrogens is 1520 g/mol. The molecule has 12 heterocycles. The van der Waals surface area contributed by atoms with Gasteiger partial charge in [-0.05, 0) is 217 Å². The molecular formula is C93H101N13O14. The van der Waals surface area contributed by atoms with Gasteiger partial charge in [-0.2, -0.15) is 5.10 Å². The number of nitrogens with one attached hydrogen (secondary N) is 4. The molecule has 0 bridgehead atoms. The third kappa shape index (κ3) is 16.1. The summed E-state index contributed by atoms with van der Waals surface area (Å²) in [4.78, 5) is 117. The lowest BCUT2D eigenvalue weighted by Crippen LogP contribution is -2.41. The molecule has 622 valence electrons. The summed E-state index contributed by atoms with van der Waals surface area (Å²) in [5.74, 6) is 4.34. The second kappa shape index (κ2) is 32.2. The van der Waals surface area contributed by atoms with E-state index in [0.717, 1.165) is 201 Å². The Balaban J connectivity index is 0.000000110. The Kier molecular flexibility index (Phi) is 21.2. The molecule has 21 rings (SSSR count). The van der Waals surface area contributed by atoms with E-state index < -0.39 is 0 Å². The smallest absolute Gasteiger partial charge is 0.291 e. The van der Waals surface area contributed by atoms with Crippen molar-refractivity contribution >= 4 is 96.8 Å². The molecule has 10 aliphatic rings. The fraction of sp³-hybridized carbons (Fsp3) is 0.441. The maximum absolute atomic E-state index is 12.9. The second-order valence-corrected chi connectivity index (χ2v) is 35.1. The average molecular weight is 1620 g/mol. The van der Waals surface area contributed by atoms with E-state index in [1.807, 2.05) is 144 Å². The van der Waals surface area contributed by atoms with Crippen molar-refractivity contribution < 1.29 is 65.0 Å². The fourth-order valence-corrected chi connectivity index (χ4v) is 19.5. The van der Waals surface area contributed by atoms with Crippen molar-refractivity contribution in [3.63, 3.8) is 0 Å². The van der Waals surface area contributed by atoms with Gasteiger partial charge in [-0.1, -0.05) is 78.0 Å². The van der Waals surface area contributed by atoms with Crippen molar-refractivity contribution in [3.8, 4) is 0 Å². The van der Waals surface area contributed by atoms with Gasteiger partial charge in [-0.25, -0.2) is 4.98 Å². The largest absolute Gasteiger partial charge is 0.451 e. The molecule has 8 amide bonds. The van der Waals surface area contributed by atoms with Crippen LogP contribution < -0.4 is 21.3 Å². The number of fused-ring (bicyclic) bond motifs is 4. The highest BCUT2D eigenvalue weighted by atomic mass is 16.5. The van der Waals surface area contributed by atoms with Crippen LogP contribution in [0.2, 0.25) is 0 Å². The van der Waals surface area contributed by atoms with Gasteiger partial charge < -0.3 is 67.5 Å². The minimum absolute atomic E-state index is 0.0494. The van der Waals surface area contributed by atoms with Gasteiger partial charge in [-0.3, -0.25) is 48.0 Å². The summed E-state index contributed by atoms with van der Waals surface area (Å²) in [5, 5.41) is 23.9. The second-order valence-electron chi connectivity index (χ2n) is 35.1. The van der Waals surface area contributed by atoms with E-state index in [1.165, 1.54) is 6.39 Å². The number of rotatable bonds is 17. The number of piperidine rings is 4. The van der Waals surface area contributed by atoms with Gasteiger partial charge >= 0.3 is 0 Å². The summed E-state index contributed by atoms with van der Waals surface area (Å²) in [6.07, 6.45) is 19.0. The third-order valence-electron chi connectivity index (χ3n) is 28.0. The van der Waals surface area contributed by atoms with Crippen LogP contribution in [0.1, 0.15) is 200 Å². The van der Waals surface area contributed by atoms with Gasteiger partial charge in [0.05, 0.1) is 35.8 Å². The van der Waals surface area contributed by atoms with Crippen molar-refractivity contribution in [2.24, 2.45) is 57.4 Å². The van der Waals surface area contributed by atoms with Crippen molar-refractivity contribution in [2.45, 2.75) is 124 Å². The number of likely N-dealkylation sites (tertiary alicyclic amines) is 4. The first-order valence-corrected chi connectivity index (χ1v) is 42.4. The fourth-order valence-electron chi connectivity index (χ4n) is 19.5. The van der Waals surface area contributed by atoms with E-state index in [0.29, 0.717) is 121 Å². The molecule has 4 saturated heterocycles. The van der Waals surface area contributed by atoms with Crippen LogP contribution in [0.15, 0.2) is 183 Å². The van der Waals surface area contributed by atoms with Crippen molar-refractivity contribution in [3.05, 3.63) is 208 Å². The highest BCUT2D eigenvalue weighted by Gasteiger charge is 2.58. The molecule has 120 heavy (non-hydrogen) atoms. The summed E-state index contributed by atoms with van der Waals surface area (Å²) in [6.45, 7) is 16.9. The van der Waals surface area contributed by atoms with Gasteiger partial charge in [-0.15, -0.1) is 0 Å². The molecule has 4 atom stereocenters. The number of hydrogen-bond donors (Lipinski definition) is 4. The number of carbonyl (C=O) groups excluding carboxylic acids is 8. The zero-order valence-electron chi connectivity index (χ0n) is 68.5. The van der Waals surface area contributed by atoms with Crippen LogP contribution in [0.3, 0.4) is 0 Å². The van der Waals surface area contributed by atoms with E-state index in [4.69, 9.17) is 26.6 Å². The highest BCUT2D eigenvalue weighted by Crippen LogP contribution is 2.62. The number of oxazole rings is 1. The summed E-state index contributed by atoms with van der Waals surface area (Å²) in [5.41, 5.74) is 9.59. The summed E-state index contributed by atoms with van der Waals surface area (Å²) < 4.78 is 34.9. The maximum atomic E-state index is 12.9. The standard InChI is InChI=1S/C24H25N3O4.C24H27N3O3.C23H26N4O3.C22H23N3O4/c28-22(20-11-16-3-1-2-4-19(16)30-20)25-13-17-12-24(17)7-9-27(10-8-24)23(29)18-14-26-31-21(18)15-5-6-15;1-15-13-25-16(2)21(15)23(29)27-9-7-24(8-10-27)12-18(24)14-26-22(28)20-11-17-5-3-4-6-19(17)30-20;1-15-18(14-25-26(15)2)22(29)27-9-7-23(8-10-27)12-17(23)13-24-21(28)20-11-16-5-3-4-6-19(16)30-20;1-14-19(28-13-24-14)21(27)25-8-6-22(7-9-25)11-16(22)12-23-20(26)18-10-15-4-2-3-5-17(15)29-18/h1-4,11,14-15,17H,5-10,12-13H2,(H,25,28);3-6,11,18H,7-10,12-14H2,1-2H3,(H,26,28);3-6,11,14,17H,7-10,12-13H2,1-2H3,(H,24,28);2-5,10,13,16H,6-9,11-12H2,1H3,(H,23,26). The maximum Gasteiger partial charge on any atom is 0.291 e. The molecule has 27 nitrogen and oxygen atoms in total. The first-order chi connectivity index (χ1) is 58.1. The number of furan rings is 4. The molecule has 4 aromatic carbocycles. The number of benzene rings is 4. The summed E-state index contributed by atoms with van der Waals surface area (Å²) in [7, 11) is 1.85. The van der Waals surface area contributed by atoms with E-state index in [2.05, 4.69) is 41.5 Å². The molecule has 7 aromatic heterocycles. The highest BCUT2D eigenvalue weighted by molar-refractivity contribution is 6.22. The van der Waals surface area contributed by atoms with Gasteiger partial charge in [0.2, 0.25) is 5.76 Å². The Morgan fingerprint density at radius 3 is 1.11 bits per heavy atom. The quantitative estimate of drug-likeness (QED) is 0.0658. The van der Waals surface area contributed by atoms with Gasteiger partial charge in [0.1, 0.15) is 27.9 Å². The van der Waals surface area contributed by atoms with Gasteiger partial charge in [0, 0.05) is 124 Å². The molecule has 9 fully saturated rings. The van der Waals surface area contributed by atoms with Crippen LogP contribution in [0.5, 0.6) is 0 Å². The number of hydrogen-bond acceptors (Lipinski definition) is 18. The third-order valence-corrected chi connectivity index (χ3v) is 28.0. The molecule has 5 aliphatic carbocycles. The lowest BCUT2D eigenvalue weighted by molar-refractivity contribution is -0.128. The monoisotopic (exact) mass is 1620 g/mol. The Hall–Kier alpha value is -12.2. The number of para-hydroxylation sites is 4. The first-order valence-electron chi connectivity index (χ1n) is 42.4. The minimum atomic E-state index is -0.170. The van der Waals surface area contributed by atoms with Crippen molar-refractivity contribution in [1.29, 1.82) is 0 Å². The Morgan fingerprint density at radius 1 is 0.442 bits per heavy atom. The summed E-state index contributed by atoms with van der Waals surface area (Å²) >= 11 is 0. The van der Waals surface area contributed by atoms with E-state index in [1.54, 1.807) is 48.3 Å². The Morgan fingerprint density at radius 2 is 0.792 bits per heavy atom. The zero-order chi connectivity index (χ0) is 82.8. The zero-order valence-corrected chi connectivity index (χ0v) is 68.5. The number of aliphatic imine (C=N–C) groups is 1. The number of amides is 8. The predicted molar refractivity (Wildman–Crippen MR) is 446 cm³/mol. The van der Waals surface area contributed by atoms with Crippen molar-refractivity contribution in [1.82, 2.24) is 60.8 Å². The number of aromatic nitrogens is 4. The molecule has 4 unspecified atom stereocenters. The molecule has 5 saturated carbocycles. The van der Waals surface area contributed by atoms with Crippen LogP contribution in [-0.2, 0) is 11.8 Å². The average Bonchev–Trinajstić information content (AvgIpc) is 1.60. The first kappa shape index (κ1) is 79.0. The van der Waals surface area contributed by atoms with Crippen LogP contribution in [0.25, 0.3) is 43.9 Å². The van der Waals surface area contributed by atoms with Gasteiger partial charge in [0.25, 0.3) is 47.3 Å². The summed E-state index contributed by atoms with van der Waals surface area (Å²) in [6, 6.07) is 37.7. The Bertz CT molecular complexity index is 5710. The lowest BCUT2D eigenvalue weighted by Gasteiger charge is -2.33. The lowest BCUT2D eigenvalue weighted by atomic mass is 9.90. The van der Waals surface area contributed by atoms with Crippen LogP contribution in [-0.4, -0.2) is 178 Å². The molecule has 5 aliphatic heterocycles. The van der Waals surface area contributed by atoms with E-state index >= 15 is 0 Å². The number of aryl methyl sites for hydroxylation is 2. The van der Waals surface area contributed by atoms with Crippen molar-refractivity contribution in [2.75, 3.05) is 85.1 Å². The molecule has 11 aromatic rings. The Labute approximate surface area is 693 Å². The SMILES string of the molecule is CC1=NCC(C)=C1C(=O)N1CCC2(CC1)CC2CNC(=O)c1cc2ccccc2o1.Cc1c(C(=O)N2CCC3(CC2)CC3CNC(=O)c2cc3ccccc3o2)cnn1C.Cc1ncoc1C(=O)N1CCC2(CC1)CC2CNC(=O)c1cc2ccccc2o1.O=C(NCC1CC12CCN(C(=O)c1cnoc1C1CC1)CC2)c1cc2ccccc2o1. The molecule has 27 heteroatoms. The molecule has 0 radical (unpaired) electrons. The topological polar surface area (TPSA) is 332 Å². The normalized spacial score (nSPS) is 21.2. The van der Waals surface area contributed by atoms with Crippen LogP contribution >= 0.6 is 0 Å². The van der Waals surface area contributed by atoms with Gasteiger partial charge in [0.15, 0.2) is 35.2 Å². The number of nitrogens with zero attached hydrogens (tertiary/aromatic N) is 9. The predicted octanol–water partition coefficient (Wildman–Crippen LogP) is 14.1.